The molecule has 27 heavy (non-hydrogen) atoms. The predicted molar refractivity (Wildman–Crippen MR) is 110 cm³/mol. The summed E-state index contributed by atoms with van der Waals surface area (Å²) in [7, 11) is 0. The summed E-state index contributed by atoms with van der Waals surface area (Å²) >= 11 is 0. The number of rotatable bonds is 4. The summed E-state index contributed by atoms with van der Waals surface area (Å²) in [5.41, 5.74) is 8.26. The average molecular weight is 363 g/mol. The number of H-pyrrole nitrogens is 2. The number of fused-ring (bicyclic) bond motifs is 2. The van der Waals surface area contributed by atoms with E-state index in [1.165, 1.54) is 65.8 Å². The van der Waals surface area contributed by atoms with Crippen molar-refractivity contribution in [2.24, 2.45) is 5.92 Å². The van der Waals surface area contributed by atoms with Crippen LogP contribution in [0.3, 0.4) is 0 Å². The SMILES string of the molecule is CCCN1C[C@H](Cc2c(C)n[nH]c2C)C[C@@H]2c3cccc4[nH]cc(c34)C[C@H]21. The number of benzene rings is 1. The number of nitrogens with zero attached hydrogens (tertiary/aromatic N) is 2. The smallest absolute Gasteiger partial charge is 0.0626 e. The quantitative estimate of drug-likeness (QED) is 0.718. The molecule has 1 saturated heterocycles. The zero-order chi connectivity index (χ0) is 18.5. The third-order valence-electron chi connectivity index (χ3n) is 6.95. The summed E-state index contributed by atoms with van der Waals surface area (Å²) < 4.78 is 0. The molecule has 3 aromatic rings. The number of likely N-dealkylation sites (tertiary alicyclic amines) is 1. The van der Waals surface area contributed by atoms with Crippen LogP contribution in [0.25, 0.3) is 10.9 Å². The molecule has 142 valence electrons. The van der Waals surface area contributed by atoms with E-state index in [0.29, 0.717) is 17.9 Å². The maximum Gasteiger partial charge on any atom is 0.0626 e. The molecule has 3 atom stereocenters. The van der Waals surface area contributed by atoms with Gasteiger partial charge in [-0.25, -0.2) is 0 Å². The number of hydrogen-bond acceptors (Lipinski definition) is 2. The first-order valence-electron chi connectivity index (χ1n) is 10.5. The highest BCUT2D eigenvalue weighted by molar-refractivity contribution is 5.88. The second-order valence-corrected chi connectivity index (χ2v) is 8.68. The fourth-order valence-corrected chi connectivity index (χ4v) is 5.75. The highest BCUT2D eigenvalue weighted by Gasteiger charge is 2.40. The van der Waals surface area contributed by atoms with Gasteiger partial charge in [-0.2, -0.15) is 5.10 Å². The van der Waals surface area contributed by atoms with Crippen molar-refractivity contribution in [3.8, 4) is 0 Å². The van der Waals surface area contributed by atoms with Gasteiger partial charge in [-0.3, -0.25) is 10.00 Å². The van der Waals surface area contributed by atoms with Crippen LogP contribution in [-0.4, -0.2) is 39.2 Å². The molecule has 1 aliphatic carbocycles. The minimum absolute atomic E-state index is 0.648. The van der Waals surface area contributed by atoms with Gasteiger partial charge in [-0.05, 0) is 74.8 Å². The maximum atomic E-state index is 4.43. The van der Waals surface area contributed by atoms with Gasteiger partial charge in [0.1, 0.15) is 0 Å². The summed E-state index contributed by atoms with van der Waals surface area (Å²) in [4.78, 5) is 6.30. The van der Waals surface area contributed by atoms with E-state index in [0.717, 1.165) is 6.42 Å². The van der Waals surface area contributed by atoms with Crippen LogP contribution in [0.4, 0.5) is 0 Å². The predicted octanol–water partition coefficient (Wildman–Crippen LogP) is 4.49. The van der Waals surface area contributed by atoms with E-state index in [-0.39, 0.29) is 0 Å². The molecule has 2 aliphatic rings. The number of piperidine rings is 1. The lowest BCUT2D eigenvalue weighted by atomic mass is 9.71. The van der Waals surface area contributed by atoms with Crippen molar-refractivity contribution in [1.82, 2.24) is 20.1 Å². The molecule has 1 fully saturated rings. The van der Waals surface area contributed by atoms with Gasteiger partial charge in [0, 0.05) is 41.3 Å². The first-order valence-corrected chi connectivity index (χ1v) is 10.5. The van der Waals surface area contributed by atoms with E-state index in [9.17, 15) is 0 Å². The third kappa shape index (κ3) is 2.73. The minimum atomic E-state index is 0.648. The third-order valence-corrected chi connectivity index (χ3v) is 6.95. The zero-order valence-corrected chi connectivity index (χ0v) is 16.7. The Hall–Kier alpha value is -2.07. The Morgan fingerprint density at radius 1 is 1.26 bits per heavy atom. The molecule has 1 aliphatic heterocycles. The molecule has 4 heteroatoms. The molecule has 0 unspecified atom stereocenters. The first-order chi connectivity index (χ1) is 13.2. The second-order valence-electron chi connectivity index (χ2n) is 8.68. The lowest BCUT2D eigenvalue weighted by Gasteiger charge is -2.47. The van der Waals surface area contributed by atoms with Crippen LogP contribution in [0.1, 0.15) is 53.8 Å². The molecule has 1 aromatic carbocycles. The first kappa shape index (κ1) is 17.1. The van der Waals surface area contributed by atoms with Crippen LogP contribution in [0, 0.1) is 19.8 Å². The fourth-order valence-electron chi connectivity index (χ4n) is 5.75. The lowest BCUT2D eigenvalue weighted by molar-refractivity contribution is 0.0845. The Bertz CT molecular complexity index is 947. The van der Waals surface area contributed by atoms with Crippen molar-refractivity contribution in [2.45, 2.75) is 58.4 Å². The Kier molecular flexibility index (Phi) is 4.12. The molecule has 4 nitrogen and oxygen atoms in total. The van der Waals surface area contributed by atoms with Gasteiger partial charge in [-0.1, -0.05) is 19.1 Å². The Balaban J connectivity index is 1.51. The van der Waals surface area contributed by atoms with E-state index in [4.69, 9.17) is 0 Å². The maximum absolute atomic E-state index is 4.43. The van der Waals surface area contributed by atoms with Gasteiger partial charge in [0.15, 0.2) is 0 Å². The van der Waals surface area contributed by atoms with E-state index in [1.807, 2.05) is 0 Å². The van der Waals surface area contributed by atoms with E-state index < -0.39 is 0 Å². The number of hydrogen-bond donors (Lipinski definition) is 2. The summed E-state index contributed by atoms with van der Waals surface area (Å²) in [5, 5.41) is 9.11. The van der Waals surface area contributed by atoms with Crippen LogP contribution < -0.4 is 0 Å². The molecular weight excluding hydrogens is 332 g/mol. The topological polar surface area (TPSA) is 47.7 Å². The van der Waals surface area contributed by atoms with Crippen LogP contribution in [0.2, 0.25) is 0 Å². The Morgan fingerprint density at radius 3 is 2.93 bits per heavy atom. The van der Waals surface area contributed by atoms with Crippen molar-refractivity contribution >= 4 is 10.9 Å². The summed E-state index contributed by atoms with van der Waals surface area (Å²) in [6.45, 7) is 9.04. The molecule has 0 radical (unpaired) electrons. The molecule has 3 heterocycles. The van der Waals surface area contributed by atoms with Crippen molar-refractivity contribution < 1.29 is 0 Å². The standard InChI is InChI=1S/C23H30N4/c1-4-8-27-13-16(9-19-14(2)25-26-15(19)3)10-20-18-6-5-7-21-23(18)17(12-24-21)11-22(20)27/h5-7,12,16,20,22,24H,4,8-11,13H2,1-3H3,(H,25,26)/t16-,20-,22-/m1/s1. The minimum Gasteiger partial charge on any atom is -0.361 e. The van der Waals surface area contributed by atoms with Crippen molar-refractivity contribution in [1.29, 1.82) is 0 Å². The lowest BCUT2D eigenvalue weighted by Crippen LogP contribution is -2.50. The van der Waals surface area contributed by atoms with Crippen LogP contribution in [-0.2, 0) is 12.8 Å². The largest absolute Gasteiger partial charge is 0.361 e. The zero-order valence-electron chi connectivity index (χ0n) is 16.7. The van der Waals surface area contributed by atoms with Gasteiger partial charge in [0.05, 0.1) is 5.69 Å². The van der Waals surface area contributed by atoms with E-state index in [1.54, 1.807) is 5.56 Å². The van der Waals surface area contributed by atoms with Gasteiger partial charge >= 0.3 is 0 Å². The Labute approximate surface area is 161 Å². The molecule has 0 saturated carbocycles. The molecule has 0 spiro atoms. The van der Waals surface area contributed by atoms with Gasteiger partial charge < -0.3 is 4.98 Å². The van der Waals surface area contributed by atoms with Crippen molar-refractivity contribution in [3.05, 3.63) is 52.5 Å². The van der Waals surface area contributed by atoms with Gasteiger partial charge in [0.25, 0.3) is 0 Å². The van der Waals surface area contributed by atoms with Crippen LogP contribution in [0.5, 0.6) is 0 Å². The average Bonchev–Trinajstić information content (AvgIpc) is 3.22. The number of nitrogens with one attached hydrogen (secondary N) is 2. The number of aryl methyl sites for hydroxylation is 2. The van der Waals surface area contributed by atoms with E-state index >= 15 is 0 Å². The van der Waals surface area contributed by atoms with Crippen molar-refractivity contribution in [2.75, 3.05) is 13.1 Å². The van der Waals surface area contributed by atoms with Gasteiger partial charge in [0.2, 0.25) is 0 Å². The van der Waals surface area contributed by atoms with E-state index in [2.05, 4.69) is 65.2 Å². The monoisotopic (exact) mass is 362 g/mol. The molecule has 5 rings (SSSR count). The summed E-state index contributed by atoms with van der Waals surface area (Å²) in [5.74, 6) is 1.35. The molecular formula is C23H30N4. The fraction of sp³-hybridized carbons (Fsp3) is 0.522. The number of aromatic nitrogens is 3. The highest BCUT2D eigenvalue weighted by Crippen LogP contribution is 2.45. The van der Waals surface area contributed by atoms with Crippen LogP contribution >= 0.6 is 0 Å². The normalized spacial score (nSPS) is 25.1. The summed E-state index contributed by atoms with van der Waals surface area (Å²) in [6, 6.07) is 7.50. The van der Waals surface area contributed by atoms with Gasteiger partial charge in [-0.15, -0.1) is 0 Å². The molecule has 0 amide bonds. The highest BCUT2D eigenvalue weighted by atomic mass is 15.2. The molecule has 2 N–H and O–H groups in total. The van der Waals surface area contributed by atoms with Crippen LogP contribution in [0.15, 0.2) is 24.4 Å². The number of aromatic amines is 2. The van der Waals surface area contributed by atoms with Crippen molar-refractivity contribution in [3.63, 3.8) is 0 Å². The summed E-state index contributed by atoms with van der Waals surface area (Å²) in [6.07, 6.45) is 7.10. The second kappa shape index (κ2) is 6.52. The Morgan fingerprint density at radius 2 is 2.15 bits per heavy atom. The molecule has 2 aromatic heterocycles. The molecule has 0 bridgehead atoms.